The molecule has 2 aromatic carbocycles. The summed E-state index contributed by atoms with van der Waals surface area (Å²) in [6, 6.07) is 15.9. The van der Waals surface area contributed by atoms with Crippen LogP contribution in [0.2, 0.25) is 0 Å². The lowest BCUT2D eigenvalue weighted by Gasteiger charge is -2.18. The molecule has 0 spiro atoms. The van der Waals surface area contributed by atoms with Gasteiger partial charge in [0.1, 0.15) is 11.9 Å². The topological polar surface area (TPSA) is 78.0 Å². The van der Waals surface area contributed by atoms with Gasteiger partial charge in [-0.05, 0) is 69.0 Å². The first kappa shape index (κ1) is 26.8. The third-order valence-corrected chi connectivity index (χ3v) is 5.22. The minimum Gasteiger partial charge on any atom is -0.489 e. The summed E-state index contributed by atoms with van der Waals surface area (Å²) >= 11 is 0. The number of likely N-dealkylation sites (tertiary alicyclic amines) is 1. The summed E-state index contributed by atoms with van der Waals surface area (Å²) in [6.45, 7) is 9.70. The number of aryl methyl sites for hydroxylation is 1. The van der Waals surface area contributed by atoms with E-state index < -0.39 is 0 Å². The summed E-state index contributed by atoms with van der Waals surface area (Å²) in [6.07, 6.45) is 2.15. The van der Waals surface area contributed by atoms with E-state index in [1.807, 2.05) is 61.2 Å². The number of nitrogens with one attached hydrogen (secondary N) is 3. The van der Waals surface area contributed by atoms with Crippen LogP contribution in [-0.4, -0.2) is 49.2 Å². The van der Waals surface area contributed by atoms with Crippen molar-refractivity contribution in [2.24, 2.45) is 4.99 Å². The van der Waals surface area contributed by atoms with Crippen molar-refractivity contribution >= 4 is 41.7 Å². The monoisotopic (exact) mass is 565 g/mol. The molecule has 1 fully saturated rings. The molecule has 1 aliphatic rings. The van der Waals surface area contributed by atoms with E-state index >= 15 is 0 Å². The molecular weight excluding hydrogens is 529 g/mol. The number of rotatable bonds is 8. The van der Waals surface area contributed by atoms with Crippen LogP contribution in [0, 0.1) is 6.92 Å². The van der Waals surface area contributed by atoms with Crippen molar-refractivity contribution in [3.8, 4) is 5.75 Å². The van der Waals surface area contributed by atoms with E-state index in [0.29, 0.717) is 13.1 Å². The summed E-state index contributed by atoms with van der Waals surface area (Å²) < 4.78 is 5.99. The maximum absolute atomic E-state index is 12.3. The smallest absolute Gasteiger partial charge is 0.321 e. The van der Waals surface area contributed by atoms with Gasteiger partial charge in [0.15, 0.2) is 5.96 Å². The number of aliphatic imine (C=N–C) groups is 1. The molecule has 0 bridgehead atoms. The van der Waals surface area contributed by atoms with Gasteiger partial charge in [0, 0.05) is 25.3 Å². The van der Waals surface area contributed by atoms with Crippen LogP contribution < -0.4 is 20.7 Å². The molecule has 0 aliphatic carbocycles. The molecule has 33 heavy (non-hydrogen) atoms. The molecular formula is C25H36IN5O2. The van der Waals surface area contributed by atoms with Crippen molar-refractivity contribution < 1.29 is 9.53 Å². The van der Waals surface area contributed by atoms with Crippen LogP contribution in [0.1, 0.15) is 37.8 Å². The predicted octanol–water partition coefficient (Wildman–Crippen LogP) is 4.76. The van der Waals surface area contributed by atoms with Crippen LogP contribution >= 0.6 is 24.0 Å². The molecule has 0 radical (unpaired) electrons. The molecule has 2 aromatic rings. The predicted molar refractivity (Wildman–Crippen MR) is 146 cm³/mol. The Balaban J connectivity index is 0.00000385. The number of amides is 2. The Bertz CT molecular complexity index is 915. The lowest BCUT2D eigenvalue weighted by Crippen LogP contribution is -2.41. The highest BCUT2D eigenvalue weighted by atomic mass is 127. The Morgan fingerprint density at radius 3 is 2.61 bits per heavy atom. The minimum atomic E-state index is -0.0271. The molecule has 8 heteroatoms. The summed E-state index contributed by atoms with van der Waals surface area (Å²) in [7, 11) is 0. The number of guanidine groups is 1. The van der Waals surface area contributed by atoms with E-state index in [1.54, 1.807) is 0 Å². The van der Waals surface area contributed by atoms with Gasteiger partial charge in [0.2, 0.25) is 0 Å². The van der Waals surface area contributed by atoms with Gasteiger partial charge in [-0.1, -0.05) is 24.3 Å². The molecule has 1 saturated heterocycles. The van der Waals surface area contributed by atoms with Crippen molar-refractivity contribution in [2.75, 3.05) is 31.5 Å². The van der Waals surface area contributed by atoms with Crippen LogP contribution in [0.3, 0.4) is 0 Å². The minimum absolute atomic E-state index is 0. The Morgan fingerprint density at radius 1 is 1.12 bits per heavy atom. The van der Waals surface area contributed by atoms with Crippen molar-refractivity contribution in [3.05, 3.63) is 59.7 Å². The number of hydrogen-bond donors (Lipinski definition) is 3. The summed E-state index contributed by atoms with van der Waals surface area (Å²) in [5.74, 6) is 1.60. The van der Waals surface area contributed by atoms with Crippen molar-refractivity contribution in [2.45, 2.75) is 46.3 Å². The normalized spacial score (nSPS) is 14.3. The second-order valence-corrected chi connectivity index (χ2v) is 8.15. The zero-order valence-electron chi connectivity index (χ0n) is 19.8. The number of carbonyl (C=O) groups is 1. The maximum Gasteiger partial charge on any atom is 0.321 e. The lowest BCUT2D eigenvalue weighted by molar-refractivity contribution is 0.222. The third-order valence-electron chi connectivity index (χ3n) is 5.22. The first-order valence-corrected chi connectivity index (χ1v) is 11.4. The van der Waals surface area contributed by atoms with Crippen molar-refractivity contribution in [1.82, 2.24) is 15.5 Å². The standard InChI is InChI=1S/C25H35N5O2.HI/c1-4-26-24(27-17-20(3)32-23-12-7-9-19(2)15-23)28-18-21-10-8-11-22(16-21)29-25(31)30-13-5-6-14-30;/h7-12,15-16,20H,4-6,13-14,17-18H2,1-3H3,(H,29,31)(H2,26,27,28);1H. The Kier molecular flexibility index (Phi) is 11.3. The lowest BCUT2D eigenvalue weighted by atomic mass is 10.2. The van der Waals surface area contributed by atoms with Gasteiger partial charge in [-0.25, -0.2) is 9.79 Å². The SMILES string of the molecule is CCNC(=NCc1cccc(NC(=O)N2CCCC2)c1)NCC(C)Oc1cccc(C)c1.I. The molecule has 7 nitrogen and oxygen atoms in total. The van der Waals surface area contributed by atoms with Gasteiger partial charge >= 0.3 is 6.03 Å². The van der Waals surface area contributed by atoms with Gasteiger partial charge in [0.05, 0.1) is 13.1 Å². The maximum atomic E-state index is 12.3. The van der Waals surface area contributed by atoms with Gasteiger partial charge < -0.3 is 25.6 Å². The first-order valence-electron chi connectivity index (χ1n) is 11.4. The van der Waals surface area contributed by atoms with E-state index in [4.69, 9.17) is 9.73 Å². The zero-order chi connectivity index (χ0) is 22.8. The number of carbonyl (C=O) groups excluding carboxylic acids is 1. The van der Waals surface area contributed by atoms with E-state index in [-0.39, 0.29) is 36.1 Å². The Hall–Kier alpha value is -2.49. The molecule has 1 unspecified atom stereocenters. The van der Waals surface area contributed by atoms with E-state index in [2.05, 4.69) is 28.9 Å². The fourth-order valence-corrected chi connectivity index (χ4v) is 3.59. The number of benzene rings is 2. The van der Waals surface area contributed by atoms with Crippen LogP contribution in [-0.2, 0) is 6.54 Å². The molecule has 180 valence electrons. The third kappa shape index (κ3) is 9.11. The highest BCUT2D eigenvalue weighted by Gasteiger charge is 2.17. The second kappa shape index (κ2) is 13.9. The Morgan fingerprint density at radius 2 is 1.88 bits per heavy atom. The van der Waals surface area contributed by atoms with Crippen molar-refractivity contribution in [3.63, 3.8) is 0 Å². The molecule has 1 heterocycles. The van der Waals surface area contributed by atoms with Gasteiger partial charge in [-0.3, -0.25) is 0 Å². The molecule has 3 N–H and O–H groups in total. The van der Waals surface area contributed by atoms with Crippen molar-refractivity contribution in [1.29, 1.82) is 0 Å². The summed E-state index contributed by atoms with van der Waals surface area (Å²) in [5, 5.41) is 9.61. The highest BCUT2D eigenvalue weighted by Crippen LogP contribution is 2.15. The van der Waals surface area contributed by atoms with Crippen LogP contribution in [0.25, 0.3) is 0 Å². The number of halogens is 1. The van der Waals surface area contributed by atoms with Crippen LogP contribution in [0.5, 0.6) is 5.75 Å². The quantitative estimate of drug-likeness (QED) is 0.245. The van der Waals surface area contributed by atoms with E-state index in [1.165, 1.54) is 5.56 Å². The average molecular weight is 566 g/mol. The molecule has 3 rings (SSSR count). The summed E-state index contributed by atoms with van der Waals surface area (Å²) in [4.78, 5) is 18.9. The molecule has 0 aromatic heterocycles. The fraction of sp³-hybridized carbons (Fsp3) is 0.440. The van der Waals surface area contributed by atoms with Gasteiger partial charge in [-0.15, -0.1) is 24.0 Å². The number of anilines is 1. The van der Waals surface area contributed by atoms with Crippen LogP contribution in [0.4, 0.5) is 10.5 Å². The van der Waals surface area contributed by atoms with Gasteiger partial charge in [-0.2, -0.15) is 0 Å². The number of urea groups is 1. The molecule has 1 aliphatic heterocycles. The first-order chi connectivity index (χ1) is 15.5. The number of ether oxygens (including phenoxy) is 1. The summed E-state index contributed by atoms with van der Waals surface area (Å²) in [5.41, 5.74) is 3.01. The molecule has 2 amide bonds. The largest absolute Gasteiger partial charge is 0.489 e. The average Bonchev–Trinajstić information content (AvgIpc) is 3.31. The van der Waals surface area contributed by atoms with E-state index in [0.717, 1.165) is 55.4 Å². The molecule has 0 saturated carbocycles. The second-order valence-electron chi connectivity index (χ2n) is 8.15. The number of hydrogen-bond acceptors (Lipinski definition) is 3. The Labute approximate surface area is 214 Å². The number of nitrogens with zero attached hydrogens (tertiary/aromatic N) is 2. The fourth-order valence-electron chi connectivity index (χ4n) is 3.59. The highest BCUT2D eigenvalue weighted by molar-refractivity contribution is 14.0. The zero-order valence-corrected chi connectivity index (χ0v) is 22.1. The molecule has 1 atom stereocenters. The van der Waals surface area contributed by atoms with E-state index in [9.17, 15) is 4.79 Å². The van der Waals surface area contributed by atoms with Crippen LogP contribution in [0.15, 0.2) is 53.5 Å². The van der Waals surface area contributed by atoms with Gasteiger partial charge in [0.25, 0.3) is 0 Å².